The highest BCUT2D eigenvalue weighted by Crippen LogP contribution is 2.26. The molecule has 0 aliphatic carbocycles. The number of Topliss-reactive ketones (excluding diaryl/α,β-unsaturated/α-hetero) is 2. The van der Waals surface area contributed by atoms with Crippen molar-refractivity contribution in [2.24, 2.45) is 0 Å². The van der Waals surface area contributed by atoms with Crippen LogP contribution in [-0.4, -0.2) is 41.2 Å². The summed E-state index contributed by atoms with van der Waals surface area (Å²) in [7, 11) is 1.59. The fourth-order valence-electron chi connectivity index (χ4n) is 3.07. The van der Waals surface area contributed by atoms with Gasteiger partial charge in [-0.05, 0) is 50.6 Å². The molecule has 0 fully saturated rings. The van der Waals surface area contributed by atoms with Gasteiger partial charge in [-0.2, -0.15) is 0 Å². The van der Waals surface area contributed by atoms with Crippen molar-refractivity contribution in [2.75, 3.05) is 13.7 Å². The average Bonchev–Trinajstić information content (AvgIpc) is 3.30. The summed E-state index contributed by atoms with van der Waals surface area (Å²) in [5.41, 5.74) is 2.93. The molecule has 0 saturated carbocycles. The van der Waals surface area contributed by atoms with Gasteiger partial charge in [-0.25, -0.2) is 9.78 Å². The molecule has 2 heterocycles. The van der Waals surface area contributed by atoms with Gasteiger partial charge in [0.2, 0.25) is 5.78 Å². The Morgan fingerprint density at radius 2 is 1.83 bits per heavy atom. The van der Waals surface area contributed by atoms with Crippen LogP contribution in [0.15, 0.2) is 29.6 Å². The van der Waals surface area contributed by atoms with E-state index in [9.17, 15) is 14.4 Å². The summed E-state index contributed by atoms with van der Waals surface area (Å²) >= 11 is 1.30. The molecule has 0 spiro atoms. The lowest BCUT2D eigenvalue weighted by Crippen LogP contribution is -2.15. The molecule has 150 valence electrons. The molecule has 0 aliphatic rings. The van der Waals surface area contributed by atoms with Crippen LogP contribution in [0.1, 0.15) is 49.5 Å². The number of hydrogen-bond donors (Lipinski definition) is 1. The summed E-state index contributed by atoms with van der Waals surface area (Å²) in [6, 6.07) is 7.31. The maximum absolute atomic E-state index is 12.4. The van der Waals surface area contributed by atoms with Crippen molar-refractivity contribution in [2.45, 2.75) is 20.8 Å². The number of carbonyl (C=O) groups excluding carboxylic acids is 3. The van der Waals surface area contributed by atoms with Crippen molar-refractivity contribution in [1.82, 2.24) is 9.97 Å². The van der Waals surface area contributed by atoms with Crippen LogP contribution >= 0.6 is 11.3 Å². The molecule has 0 unspecified atom stereocenters. The van der Waals surface area contributed by atoms with E-state index in [1.807, 2.05) is 24.3 Å². The normalized spacial score (nSPS) is 10.6. The number of hydrogen-bond acceptors (Lipinski definition) is 7. The standard InChI is InChI=1S/C21H20N2O5S/c1-11-18(13(3)24)12(2)22-19(11)17(25)9-28-21(26)16-10-29-20(23-16)14-5-7-15(27-4)8-6-14/h5-8,10,22H,9H2,1-4H3. The van der Waals surface area contributed by atoms with Crippen molar-refractivity contribution in [3.63, 3.8) is 0 Å². The van der Waals surface area contributed by atoms with Gasteiger partial charge < -0.3 is 14.5 Å². The highest BCUT2D eigenvalue weighted by molar-refractivity contribution is 7.13. The van der Waals surface area contributed by atoms with Gasteiger partial charge in [0.1, 0.15) is 10.8 Å². The van der Waals surface area contributed by atoms with E-state index in [0.29, 0.717) is 21.8 Å². The highest BCUT2D eigenvalue weighted by atomic mass is 32.1. The number of carbonyl (C=O) groups is 3. The number of rotatable bonds is 7. The van der Waals surface area contributed by atoms with Gasteiger partial charge in [0.25, 0.3) is 0 Å². The van der Waals surface area contributed by atoms with E-state index in [1.54, 1.807) is 26.3 Å². The smallest absolute Gasteiger partial charge is 0.358 e. The first kappa shape index (κ1) is 20.5. The van der Waals surface area contributed by atoms with Crippen LogP contribution in [0, 0.1) is 13.8 Å². The lowest BCUT2D eigenvalue weighted by molar-refractivity contribution is 0.0468. The fraction of sp³-hybridized carbons (Fsp3) is 0.238. The molecule has 3 rings (SSSR count). The molecular weight excluding hydrogens is 392 g/mol. The molecule has 3 aromatic rings. The van der Waals surface area contributed by atoms with Gasteiger partial charge in [-0.1, -0.05) is 0 Å². The van der Waals surface area contributed by atoms with Gasteiger partial charge in [0, 0.05) is 22.2 Å². The number of aryl methyl sites for hydroxylation is 1. The molecule has 0 radical (unpaired) electrons. The Labute approximate surface area is 171 Å². The second-order valence-corrected chi connectivity index (χ2v) is 7.30. The maximum Gasteiger partial charge on any atom is 0.358 e. The highest BCUT2D eigenvalue weighted by Gasteiger charge is 2.21. The number of ether oxygens (including phenoxy) is 2. The number of methoxy groups -OCH3 is 1. The summed E-state index contributed by atoms with van der Waals surface area (Å²) in [6.07, 6.45) is 0. The van der Waals surface area contributed by atoms with Crippen LogP contribution in [0.5, 0.6) is 5.75 Å². The number of thiazole rings is 1. The molecule has 0 saturated heterocycles. The molecule has 2 aromatic heterocycles. The van der Waals surface area contributed by atoms with Crippen LogP contribution in [0.3, 0.4) is 0 Å². The molecule has 0 atom stereocenters. The van der Waals surface area contributed by atoms with Crippen molar-refractivity contribution < 1.29 is 23.9 Å². The van der Waals surface area contributed by atoms with Crippen LogP contribution in [0.25, 0.3) is 10.6 Å². The van der Waals surface area contributed by atoms with Crippen LogP contribution in [0.4, 0.5) is 0 Å². The summed E-state index contributed by atoms with van der Waals surface area (Å²) in [5, 5.41) is 2.25. The Kier molecular flexibility index (Phi) is 5.93. The topological polar surface area (TPSA) is 98.3 Å². The summed E-state index contributed by atoms with van der Waals surface area (Å²) in [6.45, 7) is 4.42. The molecule has 1 aromatic carbocycles. The molecule has 0 amide bonds. The Morgan fingerprint density at radius 3 is 2.41 bits per heavy atom. The summed E-state index contributed by atoms with van der Waals surface area (Å²) < 4.78 is 10.3. The van der Waals surface area contributed by atoms with E-state index >= 15 is 0 Å². The van der Waals surface area contributed by atoms with Gasteiger partial charge in [-0.3, -0.25) is 9.59 Å². The molecule has 0 aliphatic heterocycles. The van der Waals surface area contributed by atoms with Gasteiger partial charge in [0.15, 0.2) is 18.1 Å². The lowest BCUT2D eigenvalue weighted by atomic mass is 10.1. The van der Waals surface area contributed by atoms with Crippen LogP contribution < -0.4 is 4.74 Å². The monoisotopic (exact) mass is 412 g/mol. The Hall–Kier alpha value is -3.26. The zero-order valence-corrected chi connectivity index (χ0v) is 17.3. The SMILES string of the molecule is COc1ccc(-c2nc(C(=O)OCC(=O)c3[nH]c(C)c(C(C)=O)c3C)cs2)cc1. The summed E-state index contributed by atoms with van der Waals surface area (Å²) in [5.74, 6) is -0.480. The second kappa shape index (κ2) is 8.40. The van der Waals surface area contributed by atoms with E-state index in [0.717, 1.165) is 11.3 Å². The third-order valence-electron chi connectivity index (χ3n) is 4.45. The minimum atomic E-state index is -0.679. The van der Waals surface area contributed by atoms with Crippen LogP contribution in [0.2, 0.25) is 0 Å². The third-order valence-corrected chi connectivity index (χ3v) is 5.34. The van der Waals surface area contributed by atoms with Crippen molar-refractivity contribution in [3.8, 4) is 16.3 Å². The first-order valence-electron chi connectivity index (χ1n) is 8.82. The number of nitrogens with zero attached hydrogens (tertiary/aromatic N) is 1. The molecule has 7 nitrogen and oxygen atoms in total. The van der Waals surface area contributed by atoms with Crippen molar-refractivity contribution in [1.29, 1.82) is 0 Å². The van der Waals surface area contributed by atoms with Gasteiger partial charge >= 0.3 is 5.97 Å². The third kappa shape index (κ3) is 4.27. The van der Waals surface area contributed by atoms with Crippen molar-refractivity contribution >= 4 is 28.9 Å². The Balaban J connectivity index is 1.67. The Bertz CT molecular complexity index is 1080. The maximum atomic E-state index is 12.4. The number of nitrogens with one attached hydrogen (secondary N) is 1. The summed E-state index contributed by atoms with van der Waals surface area (Å²) in [4.78, 5) is 43.6. The zero-order valence-electron chi connectivity index (χ0n) is 16.5. The second-order valence-electron chi connectivity index (χ2n) is 6.45. The van der Waals surface area contributed by atoms with E-state index in [1.165, 1.54) is 18.3 Å². The molecule has 0 bridgehead atoms. The minimum Gasteiger partial charge on any atom is -0.497 e. The van der Waals surface area contributed by atoms with Crippen LogP contribution in [-0.2, 0) is 4.74 Å². The first-order chi connectivity index (χ1) is 13.8. The lowest BCUT2D eigenvalue weighted by Gasteiger charge is -2.03. The van der Waals surface area contributed by atoms with E-state index in [-0.39, 0.29) is 17.2 Å². The van der Waals surface area contributed by atoms with Gasteiger partial charge in [-0.15, -0.1) is 11.3 Å². The Morgan fingerprint density at radius 1 is 1.14 bits per heavy atom. The van der Waals surface area contributed by atoms with Crippen molar-refractivity contribution in [3.05, 3.63) is 57.9 Å². The molecular formula is C21H20N2O5S. The number of aromatic amines is 1. The predicted octanol–water partition coefficient (Wildman–Crippen LogP) is 4.01. The number of aromatic nitrogens is 2. The fourth-order valence-corrected chi connectivity index (χ4v) is 3.86. The molecule has 8 heteroatoms. The minimum absolute atomic E-state index is 0.124. The predicted molar refractivity (Wildman–Crippen MR) is 109 cm³/mol. The van der Waals surface area contributed by atoms with E-state index in [2.05, 4.69) is 9.97 Å². The zero-order chi connectivity index (χ0) is 21.1. The largest absolute Gasteiger partial charge is 0.497 e. The number of benzene rings is 1. The van der Waals surface area contributed by atoms with E-state index in [4.69, 9.17) is 9.47 Å². The van der Waals surface area contributed by atoms with Gasteiger partial charge in [0.05, 0.1) is 12.8 Å². The van der Waals surface area contributed by atoms with E-state index < -0.39 is 18.4 Å². The molecule has 1 N–H and O–H groups in total. The number of H-pyrrole nitrogens is 1. The average molecular weight is 412 g/mol. The first-order valence-corrected chi connectivity index (χ1v) is 9.70. The molecule has 29 heavy (non-hydrogen) atoms. The number of ketones is 2. The quantitative estimate of drug-likeness (QED) is 0.465. The number of esters is 1.